The monoisotopic (exact) mass is 367 g/mol. The maximum atomic E-state index is 13.1. The minimum Gasteiger partial charge on any atom is -0.324 e. The third-order valence-electron chi connectivity index (χ3n) is 5.52. The first-order valence-corrected chi connectivity index (χ1v) is 9.18. The molecule has 2 heterocycles. The fourth-order valence-corrected chi connectivity index (χ4v) is 4.20. The van der Waals surface area contributed by atoms with Crippen molar-refractivity contribution in [1.29, 1.82) is 0 Å². The molecular weight excluding hydrogens is 346 g/mol. The number of hydrogen-bond acceptors (Lipinski definition) is 4. The Morgan fingerprint density at radius 3 is 2.37 bits per heavy atom. The summed E-state index contributed by atoms with van der Waals surface area (Å²) < 4.78 is 0. The van der Waals surface area contributed by atoms with Gasteiger partial charge in [-0.1, -0.05) is 24.3 Å². The number of carbonyl (C=O) groups excluding carboxylic acids is 4. The van der Waals surface area contributed by atoms with Crippen LogP contribution in [0.15, 0.2) is 36.4 Å². The maximum Gasteiger partial charge on any atom is 0.247 e. The van der Waals surface area contributed by atoms with Crippen molar-refractivity contribution in [3.63, 3.8) is 0 Å². The zero-order valence-electron chi connectivity index (χ0n) is 15.1. The number of rotatable bonds is 2. The number of amides is 4. The molecule has 1 aliphatic carbocycles. The molecule has 1 fully saturated rings. The van der Waals surface area contributed by atoms with E-state index in [1.165, 1.54) is 4.90 Å². The summed E-state index contributed by atoms with van der Waals surface area (Å²) >= 11 is 0. The standard InChI is InChI=1S/C20H21N3O4/c1-12-10-17(24)21-15-8-4-5-9-16(15)23(12)18(25)11-22-19(26)13-6-2-3-7-14(13)20(22)27/h2-5,8-9,12-14H,6-7,10-11H2,1H3,(H,21,24)/t12-,13-,14+/m1/s1. The maximum absolute atomic E-state index is 13.1. The van der Waals surface area contributed by atoms with Gasteiger partial charge in [-0.05, 0) is 31.9 Å². The van der Waals surface area contributed by atoms with Crippen molar-refractivity contribution in [2.45, 2.75) is 32.2 Å². The summed E-state index contributed by atoms with van der Waals surface area (Å²) in [4.78, 5) is 53.1. The molecular formula is C20H21N3O4. The Morgan fingerprint density at radius 2 is 1.70 bits per heavy atom. The second-order valence-electron chi connectivity index (χ2n) is 7.30. The number of carbonyl (C=O) groups is 4. The van der Waals surface area contributed by atoms with Crippen LogP contribution in [0.4, 0.5) is 11.4 Å². The molecule has 2 aliphatic heterocycles. The van der Waals surface area contributed by atoms with Gasteiger partial charge in [-0.15, -0.1) is 0 Å². The van der Waals surface area contributed by atoms with Gasteiger partial charge in [0.2, 0.25) is 23.6 Å². The summed E-state index contributed by atoms with van der Waals surface area (Å²) in [5.41, 5.74) is 1.14. The first-order valence-electron chi connectivity index (χ1n) is 9.18. The lowest BCUT2D eigenvalue weighted by atomic mass is 9.85. The van der Waals surface area contributed by atoms with E-state index in [1.807, 2.05) is 12.2 Å². The van der Waals surface area contributed by atoms with Crippen LogP contribution in [-0.2, 0) is 19.2 Å². The van der Waals surface area contributed by atoms with Crippen molar-refractivity contribution in [3.05, 3.63) is 36.4 Å². The summed E-state index contributed by atoms with van der Waals surface area (Å²) in [5, 5.41) is 2.80. The largest absolute Gasteiger partial charge is 0.324 e. The van der Waals surface area contributed by atoms with Crippen LogP contribution in [0.25, 0.3) is 0 Å². The van der Waals surface area contributed by atoms with Gasteiger partial charge in [0, 0.05) is 12.5 Å². The van der Waals surface area contributed by atoms with Gasteiger partial charge in [0.15, 0.2) is 0 Å². The molecule has 3 atom stereocenters. The van der Waals surface area contributed by atoms with Crippen LogP contribution in [-0.4, -0.2) is 41.1 Å². The molecule has 0 spiro atoms. The predicted octanol–water partition coefficient (Wildman–Crippen LogP) is 1.70. The van der Waals surface area contributed by atoms with E-state index in [0.717, 1.165) is 4.90 Å². The van der Waals surface area contributed by atoms with Gasteiger partial charge >= 0.3 is 0 Å². The lowest BCUT2D eigenvalue weighted by Gasteiger charge is -2.29. The number of fused-ring (bicyclic) bond motifs is 2. The predicted molar refractivity (Wildman–Crippen MR) is 98.7 cm³/mol. The summed E-state index contributed by atoms with van der Waals surface area (Å²) in [5.74, 6) is -1.78. The fourth-order valence-electron chi connectivity index (χ4n) is 4.20. The van der Waals surface area contributed by atoms with Crippen molar-refractivity contribution in [1.82, 2.24) is 4.90 Å². The molecule has 1 aromatic rings. The molecule has 0 radical (unpaired) electrons. The zero-order valence-corrected chi connectivity index (χ0v) is 15.1. The summed E-state index contributed by atoms with van der Waals surface area (Å²) in [6.07, 6.45) is 5.07. The van der Waals surface area contributed by atoms with Crippen LogP contribution < -0.4 is 10.2 Å². The van der Waals surface area contributed by atoms with Gasteiger partial charge < -0.3 is 10.2 Å². The van der Waals surface area contributed by atoms with E-state index in [4.69, 9.17) is 0 Å². The molecule has 1 N–H and O–H groups in total. The van der Waals surface area contributed by atoms with Crippen molar-refractivity contribution >= 4 is 35.0 Å². The second kappa shape index (κ2) is 6.64. The van der Waals surface area contributed by atoms with Gasteiger partial charge in [-0.25, -0.2) is 0 Å². The molecule has 1 aromatic carbocycles. The van der Waals surface area contributed by atoms with E-state index in [0.29, 0.717) is 24.2 Å². The summed E-state index contributed by atoms with van der Waals surface area (Å²) in [6, 6.07) is 6.68. The fraction of sp³-hybridized carbons (Fsp3) is 0.400. The van der Waals surface area contributed by atoms with Gasteiger partial charge in [-0.3, -0.25) is 24.1 Å². The van der Waals surface area contributed by atoms with E-state index in [-0.39, 0.29) is 54.5 Å². The summed E-state index contributed by atoms with van der Waals surface area (Å²) in [7, 11) is 0. The second-order valence-corrected chi connectivity index (χ2v) is 7.30. The zero-order chi connectivity index (χ0) is 19.1. The average molecular weight is 367 g/mol. The number of nitrogens with zero attached hydrogens (tertiary/aromatic N) is 2. The molecule has 0 bridgehead atoms. The molecule has 27 heavy (non-hydrogen) atoms. The first-order chi connectivity index (χ1) is 13.0. The smallest absolute Gasteiger partial charge is 0.247 e. The number of allylic oxidation sites excluding steroid dienone is 2. The van der Waals surface area contributed by atoms with Crippen LogP contribution in [0.1, 0.15) is 26.2 Å². The van der Waals surface area contributed by atoms with Crippen molar-refractivity contribution in [2.24, 2.45) is 11.8 Å². The molecule has 0 saturated carbocycles. The highest BCUT2D eigenvalue weighted by molar-refractivity contribution is 6.11. The number of hydrogen-bond donors (Lipinski definition) is 1. The molecule has 3 aliphatic rings. The molecule has 1 saturated heterocycles. The van der Waals surface area contributed by atoms with Crippen molar-refractivity contribution < 1.29 is 19.2 Å². The van der Waals surface area contributed by atoms with Gasteiger partial charge in [0.1, 0.15) is 6.54 Å². The van der Waals surface area contributed by atoms with E-state index in [9.17, 15) is 19.2 Å². The van der Waals surface area contributed by atoms with Crippen LogP contribution in [0.5, 0.6) is 0 Å². The Labute approximate surface area is 157 Å². The highest BCUT2D eigenvalue weighted by atomic mass is 16.2. The Morgan fingerprint density at radius 1 is 1.07 bits per heavy atom. The van der Waals surface area contributed by atoms with E-state index in [1.54, 1.807) is 31.2 Å². The highest BCUT2D eigenvalue weighted by Gasteiger charge is 2.48. The lowest BCUT2D eigenvalue weighted by Crippen LogP contribution is -2.46. The minimum absolute atomic E-state index is 0.150. The Hall–Kier alpha value is -2.96. The molecule has 0 unspecified atom stereocenters. The van der Waals surface area contributed by atoms with Crippen LogP contribution in [0.3, 0.4) is 0 Å². The molecule has 4 amide bonds. The van der Waals surface area contributed by atoms with Crippen LogP contribution in [0.2, 0.25) is 0 Å². The van der Waals surface area contributed by atoms with Crippen molar-refractivity contribution in [2.75, 3.05) is 16.8 Å². The van der Waals surface area contributed by atoms with Crippen molar-refractivity contribution in [3.8, 4) is 0 Å². The number of likely N-dealkylation sites (tertiary alicyclic amines) is 1. The number of benzene rings is 1. The minimum atomic E-state index is -0.377. The van der Waals surface area contributed by atoms with Gasteiger partial charge in [0.25, 0.3) is 0 Å². The molecule has 7 heteroatoms. The highest BCUT2D eigenvalue weighted by Crippen LogP contribution is 2.36. The van der Waals surface area contributed by atoms with E-state index in [2.05, 4.69) is 5.32 Å². The third-order valence-corrected chi connectivity index (χ3v) is 5.52. The SMILES string of the molecule is C[C@@H]1CC(=O)Nc2ccccc2N1C(=O)CN1C(=O)[C@H]2CC=CC[C@H]2C1=O. The van der Waals surface area contributed by atoms with E-state index >= 15 is 0 Å². The van der Waals surface area contributed by atoms with Crippen LogP contribution >= 0.6 is 0 Å². The topological polar surface area (TPSA) is 86.8 Å². The van der Waals surface area contributed by atoms with Gasteiger partial charge in [0.05, 0.1) is 23.2 Å². The van der Waals surface area contributed by atoms with E-state index < -0.39 is 0 Å². The lowest BCUT2D eigenvalue weighted by molar-refractivity contribution is -0.143. The number of nitrogens with one attached hydrogen (secondary N) is 1. The molecule has 140 valence electrons. The quantitative estimate of drug-likeness (QED) is 0.637. The number of anilines is 2. The first kappa shape index (κ1) is 17.5. The Bertz CT molecular complexity index is 837. The Balaban J connectivity index is 1.60. The normalized spacial score (nSPS) is 27.1. The Kier molecular flexibility index (Phi) is 4.30. The van der Waals surface area contributed by atoms with Crippen LogP contribution in [0, 0.1) is 11.8 Å². The molecule has 4 rings (SSSR count). The number of para-hydroxylation sites is 2. The molecule has 7 nitrogen and oxygen atoms in total. The third kappa shape index (κ3) is 2.93. The number of imide groups is 1. The molecule has 0 aromatic heterocycles. The summed E-state index contributed by atoms with van der Waals surface area (Å²) in [6.45, 7) is 1.49. The van der Waals surface area contributed by atoms with Gasteiger partial charge in [-0.2, -0.15) is 0 Å². The average Bonchev–Trinajstić information content (AvgIpc) is 2.80.